The third-order valence-corrected chi connectivity index (χ3v) is 2.76. The van der Waals surface area contributed by atoms with Crippen molar-refractivity contribution in [3.63, 3.8) is 0 Å². The van der Waals surface area contributed by atoms with Crippen LogP contribution in [-0.2, 0) is 13.1 Å². The molecule has 0 saturated heterocycles. The lowest BCUT2D eigenvalue weighted by atomic mass is 10.1. The quantitative estimate of drug-likeness (QED) is 0.889. The molecule has 1 heterocycles. The summed E-state index contributed by atoms with van der Waals surface area (Å²) in [5.41, 5.74) is 9.06. The zero-order valence-corrected chi connectivity index (χ0v) is 10.8. The highest BCUT2D eigenvalue weighted by Crippen LogP contribution is 2.11. The Labute approximate surface area is 107 Å². The van der Waals surface area contributed by atoms with E-state index in [1.807, 2.05) is 43.4 Å². The Balaban J connectivity index is 2.10. The fourth-order valence-corrected chi connectivity index (χ4v) is 1.78. The molecule has 18 heavy (non-hydrogen) atoms. The molecule has 1 aromatic carbocycles. The first-order chi connectivity index (χ1) is 8.69. The Kier molecular flexibility index (Phi) is 3.89. The standard InChI is InChI=1S/C14H18N4/c1-11-8-16-14(17-9-11)18(2)10-13-5-3-4-12(6-13)7-15/h3-6,8-9H,7,10,15H2,1-2H3. The molecule has 0 aliphatic rings. The Hall–Kier alpha value is -1.94. The maximum absolute atomic E-state index is 5.64. The smallest absolute Gasteiger partial charge is 0.225 e. The molecule has 1 aromatic heterocycles. The number of benzene rings is 1. The summed E-state index contributed by atoms with van der Waals surface area (Å²) in [6.07, 6.45) is 3.66. The van der Waals surface area contributed by atoms with Gasteiger partial charge in [0.25, 0.3) is 0 Å². The van der Waals surface area contributed by atoms with E-state index in [4.69, 9.17) is 5.73 Å². The first kappa shape index (κ1) is 12.5. The van der Waals surface area contributed by atoms with Crippen molar-refractivity contribution in [1.82, 2.24) is 9.97 Å². The van der Waals surface area contributed by atoms with Gasteiger partial charge in [-0.15, -0.1) is 0 Å². The van der Waals surface area contributed by atoms with Gasteiger partial charge in [-0.2, -0.15) is 0 Å². The molecule has 0 aliphatic heterocycles. The molecule has 0 saturated carbocycles. The number of aryl methyl sites for hydroxylation is 1. The molecular formula is C14H18N4. The van der Waals surface area contributed by atoms with Gasteiger partial charge in [0.1, 0.15) is 0 Å². The molecule has 2 rings (SSSR count). The molecule has 0 bridgehead atoms. The highest BCUT2D eigenvalue weighted by molar-refractivity contribution is 5.32. The van der Waals surface area contributed by atoms with Crippen LogP contribution in [-0.4, -0.2) is 17.0 Å². The average Bonchev–Trinajstić information content (AvgIpc) is 2.39. The van der Waals surface area contributed by atoms with Crippen molar-refractivity contribution in [2.24, 2.45) is 5.73 Å². The van der Waals surface area contributed by atoms with Crippen molar-refractivity contribution < 1.29 is 0 Å². The monoisotopic (exact) mass is 242 g/mol. The minimum Gasteiger partial charge on any atom is -0.340 e. The molecule has 0 fully saturated rings. The van der Waals surface area contributed by atoms with Gasteiger partial charge < -0.3 is 10.6 Å². The second kappa shape index (κ2) is 5.60. The lowest BCUT2D eigenvalue weighted by Gasteiger charge is -2.17. The van der Waals surface area contributed by atoms with Crippen LogP contribution >= 0.6 is 0 Å². The normalized spacial score (nSPS) is 10.4. The van der Waals surface area contributed by atoms with Gasteiger partial charge in [0, 0.05) is 32.5 Å². The second-order valence-electron chi connectivity index (χ2n) is 4.44. The fraction of sp³-hybridized carbons (Fsp3) is 0.286. The number of hydrogen-bond donors (Lipinski definition) is 1. The van der Waals surface area contributed by atoms with Crippen LogP contribution < -0.4 is 10.6 Å². The second-order valence-corrected chi connectivity index (χ2v) is 4.44. The number of nitrogens with zero attached hydrogens (tertiary/aromatic N) is 3. The lowest BCUT2D eigenvalue weighted by molar-refractivity contribution is 0.861. The summed E-state index contributed by atoms with van der Waals surface area (Å²) in [5, 5.41) is 0. The first-order valence-electron chi connectivity index (χ1n) is 5.96. The van der Waals surface area contributed by atoms with Gasteiger partial charge in [-0.05, 0) is 23.6 Å². The number of nitrogens with two attached hydrogens (primary N) is 1. The van der Waals surface area contributed by atoms with E-state index in [1.54, 1.807) is 0 Å². The Morgan fingerprint density at radius 3 is 2.50 bits per heavy atom. The largest absolute Gasteiger partial charge is 0.340 e. The summed E-state index contributed by atoms with van der Waals surface area (Å²) >= 11 is 0. The number of aromatic nitrogens is 2. The highest BCUT2D eigenvalue weighted by Gasteiger charge is 2.05. The molecule has 0 radical (unpaired) electrons. The lowest BCUT2D eigenvalue weighted by Crippen LogP contribution is -2.19. The fourth-order valence-electron chi connectivity index (χ4n) is 1.78. The van der Waals surface area contributed by atoms with Crippen LogP contribution in [0.15, 0.2) is 36.7 Å². The SMILES string of the molecule is Cc1cnc(N(C)Cc2cccc(CN)c2)nc1. The minimum atomic E-state index is 0.568. The van der Waals surface area contributed by atoms with E-state index in [9.17, 15) is 0 Å². The van der Waals surface area contributed by atoms with Crippen LogP contribution in [0.2, 0.25) is 0 Å². The summed E-state index contributed by atoms with van der Waals surface area (Å²) in [4.78, 5) is 10.6. The van der Waals surface area contributed by atoms with Crippen molar-refractivity contribution in [2.75, 3.05) is 11.9 Å². The highest BCUT2D eigenvalue weighted by atomic mass is 15.2. The topological polar surface area (TPSA) is 55.0 Å². The van der Waals surface area contributed by atoms with Crippen LogP contribution in [0.3, 0.4) is 0 Å². The van der Waals surface area contributed by atoms with Crippen LogP contribution in [0.5, 0.6) is 0 Å². The summed E-state index contributed by atoms with van der Waals surface area (Å²) < 4.78 is 0. The minimum absolute atomic E-state index is 0.568. The molecule has 0 atom stereocenters. The van der Waals surface area contributed by atoms with E-state index < -0.39 is 0 Å². The zero-order chi connectivity index (χ0) is 13.0. The van der Waals surface area contributed by atoms with Crippen molar-refractivity contribution in [3.8, 4) is 0 Å². The summed E-state index contributed by atoms with van der Waals surface area (Å²) in [5.74, 6) is 0.735. The van der Waals surface area contributed by atoms with E-state index >= 15 is 0 Å². The van der Waals surface area contributed by atoms with Gasteiger partial charge in [-0.25, -0.2) is 9.97 Å². The predicted molar refractivity (Wildman–Crippen MR) is 73.2 cm³/mol. The Morgan fingerprint density at radius 1 is 1.17 bits per heavy atom. The van der Waals surface area contributed by atoms with Gasteiger partial charge in [0.15, 0.2) is 0 Å². The van der Waals surface area contributed by atoms with E-state index in [0.29, 0.717) is 6.54 Å². The third-order valence-electron chi connectivity index (χ3n) is 2.76. The van der Waals surface area contributed by atoms with Crippen molar-refractivity contribution >= 4 is 5.95 Å². The number of rotatable bonds is 4. The van der Waals surface area contributed by atoms with Gasteiger partial charge in [-0.3, -0.25) is 0 Å². The van der Waals surface area contributed by atoms with Gasteiger partial charge in [0.2, 0.25) is 5.95 Å². The third kappa shape index (κ3) is 3.05. The van der Waals surface area contributed by atoms with Gasteiger partial charge >= 0.3 is 0 Å². The molecule has 4 nitrogen and oxygen atoms in total. The van der Waals surface area contributed by atoms with E-state index in [2.05, 4.69) is 22.1 Å². The molecule has 0 unspecified atom stereocenters. The summed E-state index contributed by atoms with van der Waals surface area (Å²) in [6, 6.07) is 8.27. The van der Waals surface area contributed by atoms with Crippen LogP contribution in [0.4, 0.5) is 5.95 Å². The van der Waals surface area contributed by atoms with Crippen LogP contribution in [0.25, 0.3) is 0 Å². The average molecular weight is 242 g/mol. The van der Waals surface area contributed by atoms with Crippen molar-refractivity contribution in [1.29, 1.82) is 0 Å². The molecule has 2 N–H and O–H groups in total. The molecule has 0 spiro atoms. The predicted octanol–water partition coefficient (Wildman–Crippen LogP) is 1.88. The van der Waals surface area contributed by atoms with Gasteiger partial charge in [0.05, 0.1) is 0 Å². The van der Waals surface area contributed by atoms with Gasteiger partial charge in [-0.1, -0.05) is 24.3 Å². The van der Waals surface area contributed by atoms with Crippen molar-refractivity contribution in [3.05, 3.63) is 53.3 Å². The molecule has 4 heteroatoms. The molecule has 0 amide bonds. The van der Waals surface area contributed by atoms with Crippen LogP contribution in [0.1, 0.15) is 16.7 Å². The Bertz CT molecular complexity index is 507. The maximum atomic E-state index is 5.64. The van der Waals surface area contributed by atoms with E-state index in [1.165, 1.54) is 5.56 Å². The van der Waals surface area contributed by atoms with E-state index in [-0.39, 0.29) is 0 Å². The summed E-state index contributed by atoms with van der Waals surface area (Å²) in [6.45, 7) is 3.32. The van der Waals surface area contributed by atoms with E-state index in [0.717, 1.165) is 23.6 Å². The number of anilines is 1. The number of hydrogen-bond acceptors (Lipinski definition) is 4. The molecule has 94 valence electrons. The first-order valence-corrected chi connectivity index (χ1v) is 5.96. The zero-order valence-electron chi connectivity index (χ0n) is 10.8. The molecule has 0 aliphatic carbocycles. The maximum Gasteiger partial charge on any atom is 0.225 e. The Morgan fingerprint density at radius 2 is 1.83 bits per heavy atom. The van der Waals surface area contributed by atoms with Crippen molar-refractivity contribution in [2.45, 2.75) is 20.0 Å². The summed E-state index contributed by atoms with van der Waals surface area (Å²) in [7, 11) is 1.99. The van der Waals surface area contributed by atoms with Crippen LogP contribution in [0, 0.1) is 6.92 Å². The molecular weight excluding hydrogens is 224 g/mol. The molecule has 2 aromatic rings.